The molecule has 1 aromatic carbocycles. The van der Waals surface area contributed by atoms with Crippen molar-refractivity contribution in [3.8, 4) is 0 Å². The van der Waals surface area contributed by atoms with E-state index in [4.69, 9.17) is 0 Å². The molecule has 0 aliphatic heterocycles. The lowest BCUT2D eigenvalue weighted by Gasteiger charge is -2.15. The number of hydrogen-bond donors (Lipinski definition) is 1. The number of benzene rings is 1. The maximum Gasteiger partial charge on any atom is 0.241 e. The molecule has 0 unspecified atom stereocenters. The quantitative estimate of drug-likeness (QED) is 0.568. The summed E-state index contributed by atoms with van der Waals surface area (Å²) in [5.74, 6) is -0.0716. The zero-order chi connectivity index (χ0) is 17.8. The maximum absolute atomic E-state index is 12.2. The van der Waals surface area contributed by atoms with Crippen molar-refractivity contribution in [1.29, 1.82) is 0 Å². The molecule has 26 heavy (non-hydrogen) atoms. The fourth-order valence-electron chi connectivity index (χ4n) is 3.74. The van der Waals surface area contributed by atoms with Gasteiger partial charge in [0, 0.05) is 42.0 Å². The molecule has 2 heterocycles. The predicted molar refractivity (Wildman–Crippen MR) is 103 cm³/mol. The number of aromatic nitrogens is 2. The number of carbonyl (C=O) groups is 1. The molecule has 1 N–H and O–H groups in total. The molecule has 0 atom stereocenters. The maximum atomic E-state index is 12.2. The fraction of sp³-hybridized carbons (Fsp3) is 0.286. The summed E-state index contributed by atoms with van der Waals surface area (Å²) in [6.07, 6.45) is 10.2. The number of nitrogens with one attached hydrogen (secondary N) is 1. The minimum Gasteiger partial charge on any atom is -0.344 e. The lowest BCUT2D eigenvalue weighted by Crippen LogP contribution is -2.20. The van der Waals surface area contributed by atoms with Crippen LogP contribution in [-0.2, 0) is 24.2 Å². The number of hydrazone groups is 1. The van der Waals surface area contributed by atoms with Crippen LogP contribution in [0.2, 0.25) is 0 Å². The van der Waals surface area contributed by atoms with Crippen molar-refractivity contribution in [2.75, 3.05) is 0 Å². The van der Waals surface area contributed by atoms with Gasteiger partial charge in [-0.15, -0.1) is 0 Å². The van der Waals surface area contributed by atoms with Gasteiger partial charge >= 0.3 is 0 Å². The first-order valence-electron chi connectivity index (χ1n) is 9.14. The number of carbonyl (C=O) groups excluding carboxylic acids is 1. The molecule has 3 aromatic rings. The molecule has 0 bridgehead atoms. The van der Waals surface area contributed by atoms with Crippen LogP contribution in [0.3, 0.4) is 0 Å². The van der Waals surface area contributed by atoms with E-state index in [1.165, 1.54) is 35.0 Å². The smallest absolute Gasteiger partial charge is 0.241 e. The number of hydrogen-bond acceptors (Lipinski definition) is 3. The van der Waals surface area contributed by atoms with Crippen molar-refractivity contribution in [2.24, 2.45) is 5.10 Å². The molecule has 5 heteroatoms. The second kappa shape index (κ2) is 7.52. The number of aryl methyl sites for hydroxylation is 2. The molecule has 1 amide bonds. The fourth-order valence-corrected chi connectivity index (χ4v) is 3.74. The van der Waals surface area contributed by atoms with Crippen molar-refractivity contribution in [3.05, 3.63) is 65.6 Å². The zero-order valence-corrected chi connectivity index (χ0v) is 14.7. The Balaban J connectivity index is 1.45. The number of para-hydroxylation sites is 1. The van der Waals surface area contributed by atoms with Gasteiger partial charge in [0.25, 0.3) is 0 Å². The molecule has 1 aliphatic rings. The van der Waals surface area contributed by atoms with E-state index < -0.39 is 0 Å². The van der Waals surface area contributed by atoms with E-state index in [2.05, 4.69) is 44.3 Å². The van der Waals surface area contributed by atoms with Gasteiger partial charge in [-0.1, -0.05) is 18.2 Å². The van der Waals surface area contributed by atoms with Crippen molar-refractivity contribution >= 4 is 23.0 Å². The molecule has 0 spiro atoms. The average Bonchev–Trinajstić information content (AvgIpc) is 3.01. The molecular formula is C21H22N4O. The van der Waals surface area contributed by atoms with Gasteiger partial charge in [0.15, 0.2) is 0 Å². The van der Waals surface area contributed by atoms with Crippen molar-refractivity contribution in [2.45, 2.75) is 38.6 Å². The lowest BCUT2D eigenvalue weighted by atomic mass is 9.95. The minimum absolute atomic E-state index is 0.0716. The SMILES string of the molecule is O=C(CCn1c2c(c3ccccc31)CCCC2)NN=Cc1ccncc1. The highest BCUT2D eigenvalue weighted by Crippen LogP contribution is 2.32. The number of fused-ring (bicyclic) bond motifs is 3. The van der Waals surface area contributed by atoms with Crippen LogP contribution in [0.5, 0.6) is 0 Å². The minimum atomic E-state index is -0.0716. The van der Waals surface area contributed by atoms with Gasteiger partial charge in [-0.2, -0.15) is 5.10 Å². The lowest BCUT2D eigenvalue weighted by molar-refractivity contribution is -0.121. The molecule has 132 valence electrons. The molecule has 0 fully saturated rings. The van der Waals surface area contributed by atoms with Gasteiger partial charge in [-0.3, -0.25) is 9.78 Å². The normalized spacial score (nSPS) is 13.8. The third kappa shape index (κ3) is 3.38. The standard InChI is InChI=1S/C21H22N4O/c26-21(24-23-15-16-9-12-22-13-10-16)11-14-25-19-7-3-1-5-17(19)18-6-2-4-8-20(18)25/h1,3,5,7,9-10,12-13,15H,2,4,6,8,11,14H2,(H,24,26). The van der Waals surface area contributed by atoms with Crippen LogP contribution in [0.1, 0.15) is 36.1 Å². The van der Waals surface area contributed by atoms with Gasteiger partial charge in [-0.25, -0.2) is 5.43 Å². The first-order valence-corrected chi connectivity index (χ1v) is 9.14. The highest BCUT2D eigenvalue weighted by atomic mass is 16.2. The van der Waals surface area contributed by atoms with Gasteiger partial charge in [0.05, 0.1) is 6.21 Å². The third-order valence-electron chi connectivity index (χ3n) is 4.96. The first kappa shape index (κ1) is 16.5. The summed E-state index contributed by atoms with van der Waals surface area (Å²) in [5, 5.41) is 5.38. The van der Waals surface area contributed by atoms with E-state index in [9.17, 15) is 4.79 Å². The molecule has 0 radical (unpaired) electrons. The van der Waals surface area contributed by atoms with Crippen LogP contribution in [-0.4, -0.2) is 21.7 Å². The Kier molecular flexibility index (Phi) is 4.78. The summed E-state index contributed by atoms with van der Waals surface area (Å²) in [7, 11) is 0. The van der Waals surface area contributed by atoms with Crippen LogP contribution < -0.4 is 5.43 Å². The van der Waals surface area contributed by atoms with Crippen LogP contribution >= 0.6 is 0 Å². The molecule has 0 saturated carbocycles. The molecule has 5 nitrogen and oxygen atoms in total. The Morgan fingerprint density at radius 2 is 1.96 bits per heavy atom. The van der Waals surface area contributed by atoms with E-state index >= 15 is 0 Å². The molecule has 2 aromatic heterocycles. The van der Waals surface area contributed by atoms with E-state index in [0.29, 0.717) is 13.0 Å². The first-order chi connectivity index (χ1) is 12.8. The Labute approximate surface area is 152 Å². The van der Waals surface area contributed by atoms with Crippen LogP contribution in [0.15, 0.2) is 53.9 Å². The van der Waals surface area contributed by atoms with Gasteiger partial charge in [0.1, 0.15) is 0 Å². The predicted octanol–water partition coefficient (Wildman–Crippen LogP) is 3.46. The van der Waals surface area contributed by atoms with Gasteiger partial charge in [-0.05, 0) is 55.0 Å². The molecular weight excluding hydrogens is 324 g/mol. The highest BCUT2D eigenvalue weighted by molar-refractivity contribution is 5.86. The van der Waals surface area contributed by atoms with Crippen molar-refractivity contribution < 1.29 is 4.79 Å². The second-order valence-electron chi connectivity index (χ2n) is 6.62. The van der Waals surface area contributed by atoms with E-state index in [1.807, 2.05) is 12.1 Å². The molecule has 0 saturated heterocycles. The zero-order valence-electron chi connectivity index (χ0n) is 14.7. The monoisotopic (exact) mass is 346 g/mol. The summed E-state index contributed by atoms with van der Waals surface area (Å²) in [4.78, 5) is 16.1. The summed E-state index contributed by atoms with van der Waals surface area (Å²) >= 11 is 0. The second-order valence-corrected chi connectivity index (χ2v) is 6.62. The van der Waals surface area contributed by atoms with E-state index in [0.717, 1.165) is 18.4 Å². The average molecular weight is 346 g/mol. The Morgan fingerprint density at radius 3 is 2.85 bits per heavy atom. The Morgan fingerprint density at radius 1 is 1.15 bits per heavy atom. The molecule has 1 aliphatic carbocycles. The van der Waals surface area contributed by atoms with E-state index in [-0.39, 0.29) is 5.91 Å². The number of pyridine rings is 1. The summed E-state index contributed by atoms with van der Waals surface area (Å²) in [6.45, 7) is 0.687. The van der Waals surface area contributed by atoms with Crippen molar-refractivity contribution in [3.63, 3.8) is 0 Å². The third-order valence-corrected chi connectivity index (χ3v) is 4.96. The molecule has 4 rings (SSSR count). The topological polar surface area (TPSA) is 59.3 Å². The Hall–Kier alpha value is -2.95. The van der Waals surface area contributed by atoms with Crippen LogP contribution in [0.25, 0.3) is 10.9 Å². The van der Waals surface area contributed by atoms with E-state index in [1.54, 1.807) is 18.6 Å². The van der Waals surface area contributed by atoms with Gasteiger partial charge in [0.2, 0.25) is 5.91 Å². The van der Waals surface area contributed by atoms with Gasteiger partial charge < -0.3 is 4.57 Å². The largest absolute Gasteiger partial charge is 0.344 e. The van der Waals surface area contributed by atoms with Crippen LogP contribution in [0, 0.1) is 0 Å². The highest BCUT2D eigenvalue weighted by Gasteiger charge is 2.19. The summed E-state index contributed by atoms with van der Waals surface area (Å²) in [5.41, 5.74) is 7.65. The summed E-state index contributed by atoms with van der Waals surface area (Å²) < 4.78 is 2.33. The van der Waals surface area contributed by atoms with Crippen molar-refractivity contribution in [1.82, 2.24) is 15.0 Å². The number of amides is 1. The Bertz CT molecular complexity index is 943. The number of nitrogens with zero attached hydrogens (tertiary/aromatic N) is 3. The van der Waals surface area contributed by atoms with Crippen LogP contribution in [0.4, 0.5) is 0 Å². The number of rotatable bonds is 5. The summed E-state index contributed by atoms with van der Waals surface area (Å²) in [6, 6.07) is 12.2.